The Morgan fingerprint density at radius 1 is 1.00 bits per heavy atom. The first-order valence-electron chi connectivity index (χ1n) is 13.1. The lowest BCUT2D eigenvalue weighted by atomic mass is 10.0. The second-order valence-electron chi connectivity index (χ2n) is 9.57. The number of carbonyl (C=O) groups excluding carboxylic acids is 1. The number of aromatic nitrogens is 2. The summed E-state index contributed by atoms with van der Waals surface area (Å²) in [4.78, 5) is 29.8. The van der Waals surface area contributed by atoms with Crippen molar-refractivity contribution in [1.82, 2.24) is 19.9 Å². The highest BCUT2D eigenvalue weighted by molar-refractivity contribution is 5.96. The van der Waals surface area contributed by atoms with Crippen LogP contribution in [0.15, 0.2) is 60.8 Å². The number of nitrogens with one attached hydrogen (secondary N) is 1. The van der Waals surface area contributed by atoms with E-state index in [2.05, 4.69) is 25.2 Å². The highest BCUT2D eigenvalue weighted by Crippen LogP contribution is 2.25. The lowest BCUT2D eigenvalue weighted by Gasteiger charge is -2.35. The fraction of sp³-hybridized carbons (Fsp3) is 0.379. The van der Waals surface area contributed by atoms with Crippen molar-refractivity contribution in [3.63, 3.8) is 0 Å². The molecule has 0 saturated carbocycles. The molecule has 0 unspecified atom stereocenters. The molecule has 3 heterocycles. The second-order valence-corrected chi connectivity index (χ2v) is 9.57. The molecule has 0 bridgehead atoms. The smallest absolute Gasteiger partial charge is 0.227 e. The number of anilines is 2. The first-order valence-corrected chi connectivity index (χ1v) is 13.1. The number of hydrogen-bond acceptors (Lipinski definition) is 8. The van der Waals surface area contributed by atoms with Crippen molar-refractivity contribution in [2.24, 2.45) is 0 Å². The second kappa shape index (κ2) is 12.0. The lowest BCUT2D eigenvalue weighted by Crippen LogP contribution is -2.44. The van der Waals surface area contributed by atoms with Gasteiger partial charge in [0.15, 0.2) is 5.78 Å². The van der Waals surface area contributed by atoms with Crippen LogP contribution in [-0.4, -0.2) is 57.9 Å². The molecule has 1 N–H and O–H groups in total. The van der Waals surface area contributed by atoms with Crippen molar-refractivity contribution in [3.8, 4) is 23.1 Å². The van der Waals surface area contributed by atoms with Gasteiger partial charge in [-0.3, -0.25) is 4.79 Å². The predicted octanol–water partition coefficient (Wildman–Crippen LogP) is 5.23. The number of Topliss-reactive ketones (excluding diaryl/α,β-unsaturated/α-hetero) is 1. The highest BCUT2D eigenvalue weighted by atomic mass is 16.7. The number of carbonyl (C=O) groups is 1. The number of hydrogen-bond donors (Lipinski definition) is 1. The van der Waals surface area contributed by atoms with Gasteiger partial charge in [0.05, 0.1) is 11.8 Å². The Labute approximate surface area is 217 Å². The van der Waals surface area contributed by atoms with Gasteiger partial charge in [0.1, 0.15) is 5.75 Å². The molecule has 8 heteroatoms. The van der Waals surface area contributed by atoms with Gasteiger partial charge in [0, 0.05) is 55.0 Å². The molecule has 2 aliphatic rings. The summed E-state index contributed by atoms with van der Waals surface area (Å²) in [6.07, 6.45) is 7.17. The summed E-state index contributed by atoms with van der Waals surface area (Å²) in [5, 5.41) is 14.0. The van der Waals surface area contributed by atoms with Crippen molar-refractivity contribution in [2.45, 2.75) is 44.6 Å². The van der Waals surface area contributed by atoms with Crippen LogP contribution in [0.4, 0.5) is 11.6 Å². The van der Waals surface area contributed by atoms with Crippen LogP contribution in [0.5, 0.6) is 5.75 Å². The summed E-state index contributed by atoms with van der Waals surface area (Å²) < 4.78 is 0. The zero-order valence-electron chi connectivity index (χ0n) is 21.0. The number of likely N-dealkylation sites (tertiary alicyclic amines) is 1. The molecule has 2 fully saturated rings. The molecule has 0 amide bonds. The third kappa shape index (κ3) is 6.50. The van der Waals surface area contributed by atoms with Gasteiger partial charge in [-0.1, -0.05) is 24.3 Å². The number of hydroxylamine groups is 2. The third-order valence-corrected chi connectivity index (χ3v) is 7.05. The Morgan fingerprint density at radius 2 is 1.73 bits per heavy atom. The summed E-state index contributed by atoms with van der Waals surface area (Å²) in [7, 11) is 0. The van der Waals surface area contributed by atoms with Crippen LogP contribution >= 0.6 is 0 Å². The van der Waals surface area contributed by atoms with Crippen LogP contribution in [0.3, 0.4) is 0 Å². The van der Waals surface area contributed by atoms with Gasteiger partial charge in [-0.25, -0.2) is 9.97 Å². The van der Waals surface area contributed by atoms with Crippen molar-refractivity contribution in [1.29, 1.82) is 5.26 Å². The molecule has 5 rings (SSSR count). The molecule has 190 valence electrons. The van der Waals surface area contributed by atoms with Crippen LogP contribution in [0.1, 0.15) is 48.9 Å². The molecule has 2 saturated heterocycles. The summed E-state index contributed by atoms with van der Waals surface area (Å²) in [5.41, 5.74) is 3.12. The zero-order chi connectivity index (χ0) is 25.5. The van der Waals surface area contributed by atoms with Gasteiger partial charge in [0.25, 0.3) is 0 Å². The fourth-order valence-corrected chi connectivity index (χ4v) is 5.00. The zero-order valence-corrected chi connectivity index (χ0v) is 21.0. The van der Waals surface area contributed by atoms with Gasteiger partial charge in [-0.2, -0.15) is 5.26 Å². The minimum atomic E-state index is -0.0304. The van der Waals surface area contributed by atoms with E-state index in [0.29, 0.717) is 17.6 Å². The quantitative estimate of drug-likeness (QED) is 0.403. The maximum absolute atomic E-state index is 12.1. The standard InChI is InChI=1S/C29H32N6O2/c30-16-3-4-28(36)23-7-5-22(6-8-23)27-13-17-31-29(33-27)32-24-9-11-26(12-10-24)37-35-20-14-25(15-21-35)34-18-1-2-19-34/h5-13,17,25H,1-4,14-15,18-21H2,(H,31,32,33). The highest BCUT2D eigenvalue weighted by Gasteiger charge is 2.27. The van der Waals surface area contributed by atoms with Crippen LogP contribution in [-0.2, 0) is 0 Å². The van der Waals surface area contributed by atoms with Gasteiger partial charge in [-0.05, 0) is 69.1 Å². The molecular weight excluding hydrogens is 464 g/mol. The van der Waals surface area contributed by atoms with E-state index < -0.39 is 0 Å². The van der Waals surface area contributed by atoms with Crippen LogP contribution in [0.2, 0.25) is 0 Å². The average molecular weight is 497 g/mol. The van der Waals surface area contributed by atoms with E-state index in [4.69, 9.17) is 10.1 Å². The van der Waals surface area contributed by atoms with E-state index in [9.17, 15) is 4.79 Å². The Balaban J connectivity index is 1.15. The molecule has 0 atom stereocenters. The summed E-state index contributed by atoms with van der Waals surface area (Å²) in [6.45, 7) is 4.42. The van der Waals surface area contributed by atoms with E-state index in [0.717, 1.165) is 48.6 Å². The Hall–Kier alpha value is -3.80. The van der Waals surface area contributed by atoms with E-state index in [1.54, 1.807) is 18.3 Å². The molecule has 2 aliphatic heterocycles. The maximum atomic E-state index is 12.1. The number of ketones is 1. The largest absolute Gasteiger partial charge is 0.406 e. The van der Waals surface area contributed by atoms with Crippen molar-refractivity contribution >= 4 is 17.4 Å². The molecule has 0 aliphatic carbocycles. The lowest BCUT2D eigenvalue weighted by molar-refractivity contribution is -0.0853. The summed E-state index contributed by atoms with van der Waals surface area (Å²) in [6, 6.07) is 19.7. The van der Waals surface area contributed by atoms with Crippen molar-refractivity contribution in [2.75, 3.05) is 31.5 Å². The molecule has 0 spiro atoms. The SMILES string of the molecule is N#CCCC(=O)c1ccc(-c2ccnc(Nc3ccc(ON4CCC(N5CCCC5)CC4)cc3)n2)cc1. The van der Waals surface area contributed by atoms with Crippen LogP contribution < -0.4 is 10.2 Å². The normalized spacial score (nSPS) is 16.8. The van der Waals surface area contributed by atoms with E-state index >= 15 is 0 Å². The molecule has 8 nitrogen and oxygen atoms in total. The molecule has 3 aromatic rings. The number of benzene rings is 2. The van der Waals surface area contributed by atoms with Gasteiger partial charge in [-0.15, -0.1) is 5.06 Å². The third-order valence-electron chi connectivity index (χ3n) is 7.05. The minimum Gasteiger partial charge on any atom is -0.406 e. The first-order chi connectivity index (χ1) is 18.2. The first kappa shape index (κ1) is 24.9. The molecule has 2 aromatic carbocycles. The van der Waals surface area contributed by atoms with Crippen molar-refractivity contribution in [3.05, 3.63) is 66.4 Å². The number of rotatable bonds is 9. The van der Waals surface area contributed by atoms with Crippen LogP contribution in [0, 0.1) is 11.3 Å². The number of piperidine rings is 1. The topological polar surface area (TPSA) is 94.4 Å². The van der Waals surface area contributed by atoms with E-state index in [1.807, 2.05) is 48.5 Å². The Morgan fingerprint density at radius 3 is 2.43 bits per heavy atom. The maximum Gasteiger partial charge on any atom is 0.227 e. The van der Waals surface area contributed by atoms with Gasteiger partial charge in [0.2, 0.25) is 5.95 Å². The average Bonchev–Trinajstić information content (AvgIpc) is 3.49. The van der Waals surface area contributed by atoms with E-state index in [-0.39, 0.29) is 18.6 Å². The van der Waals surface area contributed by atoms with Crippen LogP contribution in [0.25, 0.3) is 11.3 Å². The van der Waals surface area contributed by atoms with Gasteiger partial charge < -0.3 is 15.1 Å². The van der Waals surface area contributed by atoms with Crippen molar-refractivity contribution < 1.29 is 9.63 Å². The number of nitrogens with zero attached hydrogens (tertiary/aromatic N) is 5. The molecule has 1 aromatic heterocycles. The predicted molar refractivity (Wildman–Crippen MR) is 142 cm³/mol. The fourth-order valence-electron chi connectivity index (χ4n) is 5.00. The Bertz CT molecular complexity index is 1220. The minimum absolute atomic E-state index is 0.0304. The van der Waals surface area contributed by atoms with Gasteiger partial charge >= 0.3 is 0 Å². The Kier molecular flexibility index (Phi) is 8.04. The molecular formula is C29H32N6O2. The monoisotopic (exact) mass is 496 g/mol. The summed E-state index contributed by atoms with van der Waals surface area (Å²) >= 11 is 0. The van der Waals surface area contributed by atoms with E-state index in [1.165, 1.54) is 25.9 Å². The molecule has 37 heavy (non-hydrogen) atoms. The molecule has 0 radical (unpaired) electrons. The summed E-state index contributed by atoms with van der Waals surface area (Å²) in [5.74, 6) is 1.28. The number of nitriles is 1.